The van der Waals surface area contributed by atoms with E-state index in [4.69, 9.17) is 4.74 Å². The first-order valence-corrected chi connectivity index (χ1v) is 8.92. The van der Waals surface area contributed by atoms with Crippen molar-refractivity contribution in [3.05, 3.63) is 54.1 Å². The van der Waals surface area contributed by atoms with Crippen molar-refractivity contribution in [1.29, 1.82) is 0 Å². The zero-order valence-corrected chi connectivity index (χ0v) is 15.4. The summed E-state index contributed by atoms with van der Waals surface area (Å²) in [6.07, 6.45) is -0.324. The van der Waals surface area contributed by atoms with E-state index in [0.717, 1.165) is 5.69 Å². The van der Waals surface area contributed by atoms with E-state index in [0.29, 0.717) is 23.9 Å². The highest BCUT2D eigenvalue weighted by Gasteiger charge is 2.31. The van der Waals surface area contributed by atoms with Gasteiger partial charge in [-0.2, -0.15) is 0 Å². The Morgan fingerprint density at radius 2 is 1.85 bits per heavy atom. The van der Waals surface area contributed by atoms with Crippen LogP contribution in [0.15, 0.2) is 48.5 Å². The van der Waals surface area contributed by atoms with Crippen LogP contribution in [0, 0.1) is 0 Å². The van der Waals surface area contributed by atoms with Gasteiger partial charge in [0.15, 0.2) is 6.10 Å². The largest absolute Gasteiger partial charge is 0.479 e. The van der Waals surface area contributed by atoms with Crippen LogP contribution in [0.4, 0.5) is 11.4 Å². The summed E-state index contributed by atoms with van der Waals surface area (Å²) in [5.41, 5.74) is 2.71. The minimum atomic E-state index is -0.545. The number of rotatable bonds is 5. The Morgan fingerprint density at radius 3 is 2.54 bits per heavy atom. The van der Waals surface area contributed by atoms with Gasteiger partial charge < -0.3 is 15.0 Å². The lowest BCUT2D eigenvalue weighted by Gasteiger charge is -2.32. The second kappa shape index (κ2) is 7.60. The average molecular weight is 352 g/mol. The molecule has 2 aromatic carbocycles. The maximum atomic E-state index is 12.4. The smallest absolute Gasteiger partial charge is 0.267 e. The molecule has 0 fully saturated rings. The number of para-hydroxylation sites is 2. The quantitative estimate of drug-likeness (QED) is 0.886. The van der Waals surface area contributed by atoms with E-state index in [2.05, 4.69) is 19.2 Å². The van der Waals surface area contributed by atoms with Crippen molar-refractivity contribution < 1.29 is 14.3 Å². The van der Waals surface area contributed by atoms with E-state index in [1.165, 1.54) is 5.56 Å². The summed E-state index contributed by atoms with van der Waals surface area (Å²) in [6.45, 7) is 6.30. The molecule has 26 heavy (non-hydrogen) atoms. The van der Waals surface area contributed by atoms with Crippen LogP contribution in [0.2, 0.25) is 0 Å². The first-order chi connectivity index (χ1) is 12.5. The Labute approximate surface area is 154 Å². The van der Waals surface area contributed by atoms with Crippen molar-refractivity contribution in [2.75, 3.05) is 16.8 Å². The number of hydrogen-bond donors (Lipinski definition) is 1. The molecule has 1 aliphatic rings. The highest BCUT2D eigenvalue weighted by molar-refractivity contribution is 6.00. The summed E-state index contributed by atoms with van der Waals surface area (Å²) in [5, 5.41) is 2.89. The van der Waals surface area contributed by atoms with Gasteiger partial charge >= 0.3 is 0 Å². The van der Waals surface area contributed by atoms with Gasteiger partial charge in [-0.05, 0) is 42.7 Å². The number of nitrogens with zero attached hydrogens (tertiary/aromatic N) is 1. The van der Waals surface area contributed by atoms with Gasteiger partial charge in [-0.15, -0.1) is 0 Å². The third kappa shape index (κ3) is 3.87. The Balaban J connectivity index is 1.63. The first-order valence-electron chi connectivity index (χ1n) is 8.92. The van der Waals surface area contributed by atoms with Crippen molar-refractivity contribution in [3.8, 4) is 5.75 Å². The van der Waals surface area contributed by atoms with Gasteiger partial charge in [-0.25, -0.2) is 0 Å². The Morgan fingerprint density at radius 1 is 1.15 bits per heavy atom. The van der Waals surface area contributed by atoms with Crippen LogP contribution in [-0.2, 0) is 9.59 Å². The number of anilines is 2. The molecule has 1 heterocycles. The predicted molar refractivity (Wildman–Crippen MR) is 103 cm³/mol. The molecule has 5 nitrogen and oxygen atoms in total. The van der Waals surface area contributed by atoms with Gasteiger partial charge in [-0.1, -0.05) is 38.1 Å². The van der Waals surface area contributed by atoms with Crippen LogP contribution in [-0.4, -0.2) is 24.5 Å². The summed E-state index contributed by atoms with van der Waals surface area (Å²) in [6, 6.07) is 15.2. The molecule has 0 aromatic heterocycles. The van der Waals surface area contributed by atoms with Crippen molar-refractivity contribution in [2.24, 2.45) is 0 Å². The summed E-state index contributed by atoms with van der Waals surface area (Å²) in [7, 11) is 0. The van der Waals surface area contributed by atoms with Crippen molar-refractivity contribution >= 4 is 23.2 Å². The van der Waals surface area contributed by atoms with Crippen LogP contribution in [0.3, 0.4) is 0 Å². The Hall–Kier alpha value is -2.82. The molecule has 0 aliphatic carbocycles. The number of carbonyl (C=O) groups excluding carboxylic acids is 2. The van der Waals surface area contributed by atoms with E-state index < -0.39 is 6.10 Å². The number of fused-ring (bicyclic) bond motifs is 1. The highest BCUT2D eigenvalue weighted by Crippen LogP contribution is 2.33. The zero-order chi connectivity index (χ0) is 18.7. The topological polar surface area (TPSA) is 58.6 Å². The van der Waals surface area contributed by atoms with Crippen LogP contribution < -0.4 is 15.0 Å². The van der Waals surface area contributed by atoms with E-state index in [9.17, 15) is 9.59 Å². The van der Waals surface area contributed by atoms with Gasteiger partial charge in [0.25, 0.3) is 5.91 Å². The van der Waals surface area contributed by atoms with E-state index >= 15 is 0 Å². The number of carbonyl (C=O) groups is 2. The molecule has 2 amide bonds. The molecule has 0 saturated carbocycles. The van der Waals surface area contributed by atoms with Gasteiger partial charge in [0.1, 0.15) is 5.75 Å². The number of amides is 2. The van der Waals surface area contributed by atoms with Gasteiger partial charge in [0, 0.05) is 18.7 Å². The van der Waals surface area contributed by atoms with Crippen molar-refractivity contribution in [2.45, 2.75) is 39.2 Å². The van der Waals surface area contributed by atoms with Gasteiger partial charge in [-0.3, -0.25) is 9.59 Å². The standard InChI is InChI=1S/C21H24N2O3/c1-14(2)16-8-10-17(11-9-16)22-20(24)12-13-23-18-6-4-5-7-19(18)26-15(3)21(23)25/h4-11,14-15H,12-13H2,1-3H3,(H,22,24). The predicted octanol–water partition coefficient (Wildman–Crippen LogP) is 3.95. The Kier molecular flexibility index (Phi) is 5.26. The van der Waals surface area contributed by atoms with E-state index in [1.54, 1.807) is 11.8 Å². The van der Waals surface area contributed by atoms with Crippen LogP contribution in [0.1, 0.15) is 38.7 Å². The van der Waals surface area contributed by atoms with Gasteiger partial charge in [0.2, 0.25) is 5.91 Å². The minimum absolute atomic E-state index is 0.119. The molecule has 1 unspecified atom stereocenters. The van der Waals surface area contributed by atoms with Crippen LogP contribution in [0.25, 0.3) is 0 Å². The fourth-order valence-electron chi connectivity index (χ4n) is 2.98. The molecule has 0 bridgehead atoms. The highest BCUT2D eigenvalue weighted by atomic mass is 16.5. The first kappa shape index (κ1) is 18.0. The lowest BCUT2D eigenvalue weighted by Crippen LogP contribution is -2.45. The maximum Gasteiger partial charge on any atom is 0.267 e. The van der Waals surface area contributed by atoms with Crippen LogP contribution >= 0.6 is 0 Å². The molecule has 1 aliphatic heterocycles. The average Bonchev–Trinajstić information content (AvgIpc) is 2.62. The molecular formula is C21H24N2O3. The normalized spacial score (nSPS) is 16.2. The molecule has 5 heteroatoms. The monoisotopic (exact) mass is 352 g/mol. The van der Waals surface area contributed by atoms with Gasteiger partial charge in [0.05, 0.1) is 5.69 Å². The fraction of sp³-hybridized carbons (Fsp3) is 0.333. The summed E-state index contributed by atoms with van der Waals surface area (Å²) in [4.78, 5) is 26.4. The second-order valence-corrected chi connectivity index (χ2v) is 6.79. The number of benzene rings is 2. The minimum Gasteiger partial charge on any atom is -0.479 e. The molecule has 0 radical (unpaired) electrons. The van der Waals surface area contributed by atoms with E-state index in [-0.39, 0.29) is 18.2 Å². The molecule has 0 saturated heterocycles. The number of nitrogens with one attached hydrogen (secondary N) is 1. The Bertz CT molecular complexity index is 799. The molecule has 1 N–H and O–H groups in total. The molecule has 2 aromatic rings. The summed E-state index contributed by atoms with van der Waals surface area (Å²) in [5.74, 6) is 0.878. The van der Waals surface area contributed by atoms with E-state index in [1.807, 2.05) is 48.5 Å². The summed E-state index contributed by atoms with van der Waals surface area (Å²) >= 11 is 0. The fourth-order valence-corrected chi connectivity index (χ4v) is 2.98. The van der Waals surface area contributed by atoms with Crippen molar-refractivity contribution in [1.82, 2.24) is 0 Å². The number of ether oxygens (including phenoxy) is 1. The molecule has 1 atom stereocenters. The molecular weight excluding hydrogens is 328 g/mol. The summed E-state index contributed by atoms with van der Waals surface area (Å²) < 4.78 is 5.62. The van der Waals surface area contributed by atoms with Crippen LogP contribution in [0.5, 0.6) is 5.75 Å². The third-order valence-electron chi connectivity index (χ3n) is 4.50. The zero-order valence-electron chi connectivity index (χ0n) is 15.4. The number of hydrogen-bond acceptors (Lipinski definition) is 3. The molecule has 0 spiro atoms. The maximum absolute atomic E-state index is 12.4. The molecule has 136 valence electrons. The lowest BCUT2D eigenvalue weighted by molar-refractivity contribution is -0.125. The SMILES string of the molecule is CC1Oc2ccccc2N(CCC(=O)Nc2ccc(C(C)C)cc2)C1=O. The lowest BCUT2D eigenvalue weighted by atomic mass is 10.0. The molecule has 3 rings (SSSR count). The second-order valence-electron chi connectivity index (χ2n) is 6.79. The van der Waals surface area contributed by atoms with Crippen molar-refractivity contribution in [3.63, 3.8) is 0 Å². The third-order valence-corrected chi connectivity index (χ3v) is 4.50.